The monoisotopic (exact) mass is 355 g/mol. The Hall–Kier alpha value is -2.39. The molecular formula is C19H18FN3OS. The van der Waals surface area contributed by atoms with Gasteiger partial charge in [-0.2, -0.15) is 5.26 Å². The summed E-state index contributed by atoms with van der Waals surface area (Å²) in [6.07, 6.45) is 2.96. The molecular weight excluding hydrogens is 337 g/mol. The molecule has 0 spiro atoms. The lowest BCUT2D eigenvalue weighted by molar-refractivity contribution is -0.113. The van der Waals surface area contributed by atoms with Crippen molar-refractivity contribution in [1.82, 2.24) is 4.98 Å². The summed E-state index contributed by atoms with van der Waals surface area (Å²) in [7, 11) is 0. The maximum absolute atomic E-state index is 12.9. The van der Waals surface area contributed by atoms with Gasteiger partial charge in [0.2, 0.25) is 5.91 Å². The van der Waals surface area contributed by atoms with Crippen LogP contribution < -0.4 is 5.32 Å². The van der Waals surface area contributed by atoms with Crippen LogP contribution in [0, 0.1) is 23.1 Å². The number of rotatable bonds is 4. The number of thioether (sulfide) groups is 1. The van der Waals surface area contributed by atoms with Crippen LogP contribution in [0.1, 0.15) is 30.2 Å². The lowest BCUT2D eigenvalue weighted by Crippen LogP contribution is -2.16. The first-order valence-corrected chi connectivity index (χ1v) is 9.15. The SMILES string of the molecule is CC1CCc2nc(SCC(=O)Nc3ccc(F)cc3)c(C#N)cc2C1. The summed E-state index contributed by atoms with van der Waals surface area (Å²) >= 11 is 1.26. The zero-order valence-corrected chi connectivity index (χ0v) is 14.7. The zero-order valence-electron chi connectivity index (χ0n) is 13.9. The molecule has 1 heterocycles. The molecule has 0 bridgehead atoms. The molecule has 4 nitrogen and oxygen atoms in total. The molecule has 1 aliphatic carbocycles. The predicted octanol–water partition coefficient (Wildman–Crippen LogP) is 3.95. The molecule has 0 aliphatic heterocycles. The third kappa shape index (κ3) is 4.37. The quantitative estimate of drug-likeness (QED) is 0.844. The summed E-state index contributed by atoms with van der Waals surface area (Å²) in [6, 6.07) is 9.71. The van der Waals surface area contributed by atoms with Crippen molar-refractivity contribution in [3.63, 3.8) is 0 Å². The Morgan fingerprint density at radius 1 is 1.44 bits per heavy atom. The largest absolute Gasteiger partial charge is 0.325 e. The van der Waals surface area contributed by atoms with Gasteiger partial charge in [-0.05, 0) is 61.1 Å². The van der Waals surface area contributed by atoms with Crippen LogP contribution in [-0.4, -0.2) is 16.6 Å². The van der Waals surface area contributed by atoms with Crippen molar-refractivity contribution in [2.45, 2.75) is 31.2 Å². The molecule has 128 valence electrons. The lowest BCUT2D eigenvalue weighted by atomic mass is 9.87. The molecule has 0 saturated heterocycles. The smallest absolute Gasteiger partial charge is 0.234 e. The summed E-state index contributed by atoms with van der Waals surface area (Å²) in [5.41, 5.74) is 3.25. The molecule has 6 heteroatoms. The van der Waals surface area contributed by atoms with Gasteiger partial charge in [0.05, 0.1) is 11.3 Å². The molecule has 1 unspecified atom stereocenters. The van der Waals surface area contributed by atoms with Gasteiger partial charge in [-0.1, -0.05) is 18.7 Å². The number of amides is 1. The topological polar surface area (TPSA) is 65.8 Å². The lowest BCUT2D eigenvalue weighted by Gasteiger charge is -2.21. The van der Waals surface area contributed by atoms with E-state index in [2.05, 4.69) is 23.3 Å². The predicted molar refractivity (Wildman–Crippen MR) is 95.9 cm³/mol. The maximum atomic E-state index is 12.9. The Labute approximate surface area is 150 Å². The van der Waals surface area contributed by atoms with E-state index in [1.165, 1.54) is 36.0 Å². The normalized spacial score (nSPS) is 16.0. The van der Waals surface area contributed by atoms with Crippen LogP contribution in [0.4, 0.5) is 10.1 Å². The Morgan fingerprint density at radius 3 is 2.92 bits per heavy atom. The Balaban J connectivity index is 1.67. The van der Waals surface area contributed by atoms with E-state index < -0.39 is 0 Å². The molecule has 0 radical (unpaired) electrons. The van der Waals surface area contributed by atoms with Crippen LogP contribution in [0.2, 0.25) is 0 Å². The van der Waals surface area contributed by atoms with Gasteiger partial charge in [-0.15, -0.1) is 0 Å². The van der Waals surface area contributed by atoms with Gasteiger partial charge in [-0.3, -0.25) is 4.79 Å². The van der Waals surface area contributed by atoms with E-state index >= 15 is 0 Å². The van der Waals surface area contributed by atoms with Gasteiger partial charge >= 0.3 is 0 Å². The van der Waals surface area contributed by atoms with Crippen molar-refractivity contribution in [2.24, 2.45) is 5.92 Å². The number of carbonyl (C=O) groups excluding carboxylic acids is 1. The number of anilines is 1. The number of benzene rings is 1. The zero-order chi connectivity index (χ0) is 17.8. The van der Waals surface area contributed by atoms with Crippen molar-refractivity contribution in [2.75, 3.05) is 11.1 Å². The van der Waals surface area contributed by atoms with Crippen LogP contribution >= 0.6 is 11.8 Å². The van der Waals surface area contributed by atoms with Gasteiger partial charge in [0.15, 0.2) is 0 Å². The van der Waals surface area contributed by atoms with E-state index in [0.29, 0.717) is 22.2 Å². The standard InChI is InChI=1S/C19H18FN3OS/c1-12-2-7-17-13(8-12)9-14(10-21)19(23-17)25-11-18(24)22-16-5-3-15(20)4-6-16/h3-6,9,12H,2,7-8,11H2,1H3,(H,22,24). The first kappa shape index (κ1) is 17.4. The van der Waals surface area contributed by atoms with Crippen molar-refractivity contribution < 1.29 is 9.18 Å². The molecule has 3 rings (SSSR count). The molecule has 1 aromatic heterocycles. The minimum atomic E-state index is -0.349. The highest BCUT2D eigenvalue weighted by molar-refractivity contribution is 8.00. The Bertz CT molecular complexity index is 830. The first-order chi connectivity index (χ1) is 12.0. The van der Waals surface area contributed by atoms with Crippen molar-refractivity contribution >= 4 is 23.4 Å². The van der Waals surface area contributed by atoms with Gasteiger partial charge in [0.25, 0.3) is 0 Å². The fraction of sp³-hybridized carbons (Fsp3) is 0.316. The molecule has 0 saturated carbocycles. The first-order valence-electron chi connectivity index (χ1n) is 8.16. The van der Waals surface area contributed by atoms with Crippen LogP contribution in [0.25, 0.3) is 0 Å². The average molecular weight is 355 g/mol. The van der Waals surface area contributed by atoms with Gasteiger partial charge in [-0.25, -0.2) is 9.37 Å². The van der Waals surface area contributed by atoms with Gasteiger partial charge < -0.3 is 5.32 Å². The molecule has 1 aromatic carbocycles. The van der Waals surface area contributed by atoms with Gasteiger partial charge in [0.1, 0.15) is 16.9 Å². The summed E-state index contributed by atoms with van der Waals surface area (Å²) in [5.74, 6) is 0.196. The summed E-state index contributed by atoms with van der Waals surface area (Å²) in [4.78, 5) is 16.7. The van der Waals surface area contributed by atoms with E-state index in [0.717, 1.165) is 30.5 Å². The second-order valence-electron chi connectivity index (χ2n) is 6.25. The summed E-state index contributed by atoms with van der Waals surface area (Å²) in [6.45, 7) is 2.21. The second-order valence-corrected chi connectivity index (χ2v) is 7.21. The summed E-state index contributed by atoms with van der Waals surface area (Å²) < 4.78 is 12.9. The molecule has 1 aliphatic rings. The third-order valence-corrected chi connectivity index (χ3v) is 5.18. The highest BCUT2D eigenvalue weighted by Crippen LogP contribution is 2.29. The molecule has 1 amide bonds. The average Bonchev–Trinajstić information content (AvgIpc) is 2.61. The van der Waals surface area contributed by atoms with Crippen molar-refractivity contribution in [1.29, 1.82) is 5.26 Å². The molecule has 25 heavy (non-hydrogen) atoms. The van der Waals surface area contributed by atoms with Crippen LogP contribution in [0.3, 0.4) is 0 Å². The van der Waals surface area contributed by atoms with E-state index in [1.807, 2.05) is 6.07 Å². The molecule has 1 N–H and O–H groups in total. The van der Waals surface area contributed by atoms with E-state index in [-0.39, 0.29) is 17.5 Å². The third-order valence-electron chi connectivity index (χ3n) is 4.19. The van der Waals surface area contributed by atoms with E-state index in [9.17, 15) is 14.4 Å². The molecule has 1 atom stereocenters. The van der Waals surface area contributed by atoms with Crippen LogP contribution in [-0.2, 0) is 17.6 Å². The number of hydrogen-bond acceptors (Lipinski definition) is 4. The van der Waals surface area contributed by atoms with E-state index in [1.54, 1.807) is 0 Å². The number of halogens is 1. The Morgan fingerprint density at radius 2 is 2.20 bits per heavy atom. The second kappa shape index (κ2) is 7.66. The minimum Gasteiger partial charge on any atom is -0.325 e. The highest BCUT2D eigenvalue weighted by Gasteiger charge is 2.19. The van der Waals surface area contributed by atoms with Gasteiger partial charge in [0, 0.05) is 11.4 Å². The number of pyridine rings is 1. The number of carbonyl (C=O) groups is 1. The number of hydrogen-bond donors (Lipinski definition) is 1. The number of aromatic nitrogens is 1. The number of fused-ring (bicyclic) bond motifs is 1. The highest BCUT2D eigenvalue weighted by atomic mass is 32.2. The number of aryl methyl sites for hydroxylation is 1. The van der Waals surface area contributed by atoms with Crippen molar-refractivity contribution in [3.05, 3.63) is 53.0 Å². The maximum Gasteiger partial charge on any atom is 0.234 e. The fourth-order valence-electron chi connectivity index (χ4n) is 2.88. The number of nitrogens with one attached hydrogen (secondary N) is 1. The van der Waals surface area contributed by atoms with Crippen LogP contribution in [0.5, 0.6) is 0 Å². The molecule has 2 aromatic rings. The fourth-order valence-corrected chi connectivity index (χ4v) is 3.66. The van der Waals surface area contributed by atoms with Crippen LogP contribution in [0.15, 0.2) is 35.4 Å². The van der Waals surface area contributed by atoms with Crippen molar-refractivity contribution in [3.8, 4) is 6.07 Å². The molecule has 0 fully saturated rings. The number of nitrogens with zero attached hydrogens (tertiary/aromatic N) is 2. The number of nitriles is 1. The van der Waals surface area contributed by atoms with E-state index in [4.69, 9.17) is 0 Å². The summed E-state index contributed by atoms with van der Waals surface area (Å²) in [5, 5.41) is 12.7. The Kier molecular flexibility index (Phi) is 5.34. The minimum absolute atomic E-state index is 0.147.